The summed E-state index contributed by atoms with van der Waals surface area (Å²) in [6.45, 7) is 6.29. The van der Waals surface area contributed by atoms with Crippen LogP contribution in [-0.2, 0) is 19.8 Å². The average Bonchev–Trinajstić information content (AvgIpc) is 2.43. The number of rotatable bonds is 4. The highest BCUT2D eigenvalue weighted by molar-refractivity contribution is 5.78. The van der Waals surface area contributed by atoms with E-state index in [1.165, 1.54) is 25.1 Å². The SMILES string of the molecule is COC(=O)C(O)[C@](C)(NC(=O)OC(C)(C)C)c1ccccc1F. The Hall–Kier alpha value is -2.15. The number of ether oxygens (including phenoxy) is 2. The highest BCUT2D eigenvalue weighted by Crippen LogP contribution is 2.28. The van der Waals surface area contributed by atoms with Crippen molar-refractivity contribution in [2.24, 2.45) is 0 Å². The average molecular weight is 327 g/mol. The van der Waals surface area contributed by atoms with Crippen LogP contribution in [0.2, 0.25) is 0 Å². The van der Waals surface area contributed by atoms with Crippen molar-refractivity contribution in [3.63, 3.8) is 0 Å². The Morgan fingerprint density at radius 3 is 2.26 bits per heavy atom. The van der Waals surface area contributed by atoms with Gasteiger partial charge in [-0.1, -0.05) is 18.2 Å². The molecule has 0 aliphatic heterocycles. The predicted octanol–water partition coefficient (Wildman–Crippen LogP) is 2.10. The minimum Gasteiger partial charge on any atom is -0.467 e. The van der Waals surface area contributed by atoms with Gasteiger partial charge in [-0.2, -0.15) is 0 Å². The number of methoxy groups -OCH3 is 1. The molecular weight excluding hydrogens is 305 g/mol. The second kappa shape index (κ2) is 6.95. The van der Waals surface area contributed by atoms with Gasteiger partial charge in [0.1, 0.15) is 17.0 Å². The van der Waals surface area contributed by atoms with Crippen molar-refractivity contribution < 1.29 is 28.6 Å². The topological polar surface area (TPSA) is 84.9 Å². The molecule has 1 amide bonds. The molecule has 7 heteroatoms. The minimum atomic E-state index is -1.82. The molecule has 0 heterocycles. The van der Waals surface area contributed by atoms with Crippen LogP contribution in [0.1, 0.15) is 33.3 Å². The number of benzene rings is 1. The highest BCUT2D eigenvalue weighted by Gasteiger charge is 2.44. The summed E-state index contributed by atoms with van der Waals surface area (Å²) in [6.07, 6.45) is -2.72. The third-order valence-corrected chi connectivity index (χ3v) is 3.17. The molecule has 1 rings (SSSR count). The third-order valence-electron chi connectivity index (χ3n) is 3.17. The van der Waals surface area contributed by atoms with Crippen molar-refractivity contribution >= 4 is 12.1 Å². The first-order valence-corrected chi connectivity index (χ1v) is 7.03. The molecule has 1 unspecified atom stereocenters. The van der Waals surface area contributed by atoms with Crippen LogP contribution in [0.4, 0.5) is 9.18 Å². The van der Waals surface area contributed by atoms with E-state index in [-0.39, 0.29) is 5.56 Å². The Kier molecular flexibility index (Phi) is 5.71. The number of esters is 1. The Morgan fingerprint density at radius 1 is 1.22 bits per heavy atom. The predicted molar refractivity (Wildman–Crippen MR) is 81.1 cm³/mol. The van der Waals surface area contributed by atoms with Crippen molar-refractivity contribution in [3.05, 3.63) is 35.6 Å². The van der Waals surface area contributed by atoms with Gasteiger partial charge in [-0.3, -0.25) is 0 Å². The van der Waals surface area contributed by atoms with Gasteiger partial charge in [0.05, 0.1) is 7.11 Å². The number of hydrogen-bond acceptors (Lipinski definition) is 5. The first-order chi connectivity index (χ1) is 10.5. The molecule has 0 spiro atoms. The second-order valence-electron chi connectivity index (χ2n) is 6.23. The number of amides is 1. The molecule has 0 radical (unpaired) electrons. The maximum absolute atomic E-state index is 14.1. The van der Waals surface area contributed by atoms with Gasteiger partial charge in [-0.15, -0.1) is 0 Å². The van der Waals surface area contributed by atoms with Crippen LogP contribution in [-0.4, -0.2) is 36.0 Å². The number of nitrogens with one attached hydrogen (secondary N) is 1. The largest absolute Gasteiger partial charge is 0.467 e. The molecule has 0 aliphatic carbocycles. The van der Waals surface area contributed by atoms with E-state index in [0.29, 0.717) is 0 Å². The van der Waals surface area contributed by atoms with Crippen LogP contribution in [0.15, 0.2) is 24.3 Å². The van der Waals surface area contributed by atoms with Crippen molar-refractivity contribution in [1.82, 2.24) is 5.32 Å². The van der Waals surface area contributed by atoms with Crippen LogP contribution in [0, 0.1) is 5.82 Å². The van der Waals surface area contributed by atoms with E-state index in [4.69, 9.17) is 4.74 Å². The van der Waals surface area contributed by atoms with Gasteiger partial charge in [0.25, 0.3) is 0 Å². The van der Waals surface area contributed by atoms with Crippen LogP contribution >= 0.6 is 0 Å². The lowest BCUT2D eigenvalue weighted by Gasteiger charge is -2.35. The molecular formula is C16H22FNO5. The molecule has 23 heavy (non-hydrogen) atoms. The van der Waals surface area contributed by atoms with Crippen LogP contribution in [0.25, 0.3) is 0 Å². The molecule has 2 N–H and O–H groups in total. The number of alkyl carbamates (subject to hydrolysis) is 1. The number of carbonyl (C=O) groups excluding carboxylic acids is 2. The molecule has 0 fully saturated rings. The van der Waals surface area contributed by atoms with Crippen molar-refractivity contribution in [2.75, 3.05) is 7.11 Å². The second-order valence-corrected chi connectivity index (χ2v) is 6.23. The monoisotopic (exact) mass is 327 g/mol. The normalized spacial score (nSPS) is 15.3. The van der Waals surface area contributed by atoms with Gasteiger partial charge in [-0.25, -0.2) is 14.0 Å². The molecule has 0 aliphatic rings. The van der Waals surface area contributed by atoms with Gasteiger partial charge in [-0.05, 0) is 33.8 Å². The maximum atomic E-state index is 14.1. The maximum Gasteiger partial charge on any atom is 0.408 e. The quantitative estimate of drug-likeness (QED) is 0.827. The smallest absolute Gasteiger partial charge is 0.408 e. The minimum absolute atomic E-state index is 0.0660. The zero-order valence-corrected chi connectivity index (χ0v) is 13.8. The summed E-state index contributed by atoms with van der Waals surface area (Å²) in [6, 6.07) is 5.50. The summed E-state index contributed by atoms with van der Waals surface area (Å²) in [5, 5.41) is 12.6. The Bertz CT molecular complexity index is 584. The van der Waals surface area contributed by atoms with Crippen molar-refractivity contribution in [3.8, 4) is 0 Å². The lowest BCUT2D eigenvalue weighted by Crippen LogP contribution is -2.56. The first-order valence-electron chi connectivity index (χ1n) is 7.03. The zero-order valence-electron chi connectivity index (χ0n) is 13.8. The van der Waals surface area contributed by atoms with E-state index in [2.05, 4.69) is 10.1 Å². The Balaban J connectivity index is 3.25. The molecule has 128 valence electrons. The van der Waals surface area contributed by atoms with E-state index >= 15 is 0 Å². The summed E-state index contributed by atoms with van der Waals surface area (Å²) >= 11 is 0. The third kappa shape index (κ3) is 4.66. The Labute approximate surface area is 134 Å². The molecule has 0 aromatic heterocycles. The first kappa shape index (κ1) is 18.9. The van der Waals surface area contributed by atoms with Gasteiger partial charge in [0.2, 0.25) is 0 Å². The summed E-state index contributed by atoms with van der Waals surface area (Å²) in [4.78, 5) is 23.8. The molecule has 6 nitrogen and oxygen atoms in total. The van der Waals surface area contributed by atoms with Crippen LogP contribution in [0.3, 0.4) is 0 Å². The standard InChI is InChI=1S/C16H22FNO5/c1-15(2,3)23-14(21)18-16(4,12(19)13(20)22-5)10-8-6-7-9-11(10)17/h6-9,12,19H,1-5H3,(H,18,21)/t12?,16-/m1/s1. The number of halogens is 1. The molecule has 2 atom stereocenters. The molecule has 1 aromatic rings. The van der Waals surface area contributed by atoms with Gasteiger partial charge in [0, 0.05) is 5.56 Å². The van der Waals surface area contributed by atoms with E-state index < -0.39 is 35.1 Å². The fourth-order valence-electron chi connectivity index (χ4n) is 2.03. The zero-order chi connectivity index (χ0) is 17.8. The number of hydrogen-bond donors (Lipinski definition) is 2. The van der Waals surface area contributed by atoms with Crippen molar-refractivity contribution in [1.29, 1.82) is 0 Å². The lowest BCUT2D eigenvalue weighted by atomic mass is 9.86. The molecule has 0 saturated heterocycles. The van der Waals surface area contributed by atoms with Gasteiger partial charge < -0.3 is 19.9 Å². The molecule has 0 saturated carbocycles. The summed E-state index contributed by atoms with van der Waals surface area (Å²) in [5.41, 5.74) is -2.62. The fourth-order valence-corrected chi connectivity index (χ4v) is 2.03. The lowest BCUT2D eigenvalue weighted by molar-refractivity contribution is -0.155. The van der Waals surface area contributed by atoms with E-state index in [9.17, 15) is 19.1 Å². The number of carbonyl (C=O) groups is 2. The van der Waals surface area contributed by atoms with Gasteiger partial charge >= 0.3 is 12.1 Å². The molecule has 0 bridgehead atoms. The van der Waals surface area contributed by atoms with Gasteiger partial charge in [0.15, 0.2) is 6.10 Å². The highest BCUT2D eigenvalue weighted by atomic mass is 19.1. The van der Waals surface area contributed by atoms with E-state index in [1.807, 2.05) is 0 Å². The number of aliphatic hydroxyl groups excluding tert-OH is 1. The summed E-state index contributed by atoms with van der Waals surface area (Å²) < 4.78 is 23.8. The molecule has 1 aromatic carbocycles. The van der Waals surface area contributed by atoms with E-state index in [1.54, 1.807) is 20.8 Å². The number of aliphatic hydroxyl groups is 1. The van der Waals surface area contributed by atoms with Crippen LogP contribution < -0.4 is 5.32 Å². The van der Waals surface area contributed by atoms with Crippen LogP contribution in [0.5, 0.6) is 0 Å². The Morgan fingerprint density at radius 2 is 1.78 bits per heavy atom. The van der Waals surface area contributed by atoms with Crippen molar-refractivity contribution in [2.45, 2.75) is 44.9 Å². The summed E-state index contributed by atoms with van der Waals surface area (Å²) in [7, 11) is 1.08. The fraction of sp³-hybridized carbons (Fsp3) is 0.500. The summed E-state index contributed by atoms with van der Waals surface area (Å²) in [5.74, 6) is -1.69. The van der Waals surface area contributed by atoms with E-state index in [0.717, 1.165) is 13.2 Å².